The Morgan fingerprint density at radius 3 is 2.95 bits per heavy atom. The molecule has 6 nitrogen and oxygen atoms in total. The number of aryl methyl sites for hydroxylation is 1. The van der Waals surface area contributed by atoms with Crippen LogP contribution in [-0.4, -0.2) is 48.4 Å². The molecule has 2 N–H and O–H groups in total. The van der Waals surface area contributed by atoms with Crippen molar-refractivity contribution in [3.8, 4) is 0 Å². The van der Waals surface area contributed by atoms with Gasteiger partial charge in [-0.25, -0.2) is 0 Å². The molecule has 6 heteroatoms. The Kier molecular flexibility index (Phi) is 4.11. The van der Waals surface area contributed by atoms with E-state index in [1.54, 1.807) is 13.0 Å². The minimum Gasteiger partial charge on any atom is -0.351 e. The predicted molar refractivity (Wildman–Crippen MR) is 83.7 cm³/mol. The van der Waals surface area contributed by atoms with Crippen LogP contribution < -0.4 is 10.6 Å². The Morgan fingerprint density at radius 2 is 2.27 bits per heavy atom. The molecule has 3 rings (SSSR count). The van der Waals surface area contributed by atoms with Gasteiger partial charge in [-0.2, -0.15) is 0 Å². The first-order valence-corrected chi connectivity index (χ1v) is 7.79. The molecular formula is C16H22N4O2. The van der Waals surface area contributed by atoms with Gasteiger partial charge in [0.05, 0.1) is 16.9 Å². The van der Waals surface area contributed by atoms with Crippen LogP contribution in [0.25, 0.3) is 0 Å². The first kappa shape index (κ1) is 15.0. The molecule has 0 atom stereocenters. The maximum Gasteiger partial charge on any atom is 0.252 e. The summed E-state index contributed by atoms with van der Waals surface area (Å²) < 4.78 is 0. The number of pyridine rings is 1. The highest BCUT2D eigenvalue weighted by Crippen LogP contribution is 2.52. The molecule has 2 amide bonds. The molecule has 1 saturated heterocycles. The molecule has 118 valence electrons. The van der Waals surface area contributed by atoms with Crippen molar-refractivity contribution in [1.29, 1.82) is 0 Å². The molecule has 1 aromatic heterocycles. The number of amides is 2. The first-order chi connectivity index (χ1) is 10.6. The van der Waals surface area contributed by atoms with E-state index >= 15 is 0 Å². The normalized spacial score (nSPS) is 19.1. The molecular weight excluding hydrogens is 280 g/mol. The van der Waals surface area contributed by atoms with E-state index in [1.807, 2.05) is 0 Å². The fraction of sp³-hybridized carbons (Fsp3) is 0.562. The second kappa shape index (κ2) is 6.04. The van der Waals surface area contributed by atoms with Crippen molar-refractivity contribution in [1.82, 2.24) is 15.2 Å². The van der Waals surface area contributed by atoms with Gasteiger partial charge in [0.2, 0.25) is 6.41 Å². The number of nitrogens with zero attached hydrogens (tertiary/aromatic N) is 2. The van der Waals surface area contributed by atoms with Crippen LogP contribution in [0.1, 0.15) is 35.3 Å². The fourth-order valence-electron chi connectivity index (χ4n) is 3.10. The van der Waals surface area contributed by atoms with Crippen LogP contribution in [0.5, 0.6) is 0 Å². The van der Waals surface area contributed by atoms with Gasteiger partial charge in [-0.05, 0) is 44.2 Å². The highest BCUT2D eigenvalue weighted by molar-refractivity contribution is 5.95. The lowest BCUT2D eigenvalue weighted by Crippen LogP contribution is -2.34. The molecule has 1 saturated carbocycles. The number of rotatable bonds is 6. The lowest BCUT2D eigenvalue weighted by atomic mass is 10.1. The molecule has 22 heavy (non-hydrogen) atoms. The van der Waals surface area contributed by atoms with Gasteiger partial charge in [0.15, 0.2) is 0 Å². The second-order valence-corrected chi connectivity index (χ2v) is 6.40. The summed E-state index contributed by atoms with van der Waals surface area (Å²) in [6.45, 7) is 5.65. The number of carbonyl (C=O) groups is 2. The van der Waals surface area contributed by atoms with Crippen molar-refractivity contribution in [2.45, 2.75) is 26.2 Å². The quantitative estimate of drug-likeness (QED) is 0.774. The third kappa shape index (κ3) is 3.27. The van der Waals surface area contributed by atoms with E-state index in [-0.39, 0.29) is 5.91 Å². The molecule has 2 fully saturated rings. The van der Waals surface area contributed by atoms with Gasteiger partial charge < -0.3 is 15.5 Å². The molecule has 0 unspecified atom stereocenters. The number of hydrogen-bond donors (Lipinski definition) is 2. The van der Waals surface area contributed by atoms with Crippen molar-refractivity contribution in [2.75, 3.05) is 31.5 Å². The summed E-state index contributed by atoms with van der Waals surface area (Å²) in [7, 11) is 0. The Hall–Kier alpha value is -1.95. The first-order valence-electron chi connectivity index (χ1n) is 7.79. The van der Waals surface area contributed by atoms with E-state index in [2.05, 4.69) is 20.5 Å². The number of likely N-dealkylation sites (tertiary alicyclic amines) is 1. The van der Waals surface area contributed by atoms with Crippen molar-refractivity contribution in [2.24, 2.45) is 5.41 Å². The molecule has 2 aliphatic rings. The third-order valence-electron chi connectivity index (χ3n) is 4.75. The van der Waals surface area contributed by atoms with E-state index in [0.717, 1.165) is 13.1 Å². The molecule has 1 aliphatic carbocycles. The Morgan fingerprint density at radius 1 is 1.45 bits per heavy atom. The highest BCUT2D eigenvalue weighted by Gasteiger charge is 2.47. The highest BCUT2D eigenvalue weighted by atomic mass is 16.1. The zero-order valence-corrected chi connectivity index (χ0v) is 12.9. The summed E-state index contributed by atoms with van der Waals surface area (Å²) in [6.07, 6.45) is 6.18. The van der Waals surface area contributed by atoms with Crippen molar-refractivity contribution >= 4 is 18.0 Å². The van der Waals surface area contributed by atoms with Crippen LogP contribution in [0.2, 0.25) is 0 Å². The number of aromatic nitrogens is 1. The maximum absolute atomic E-state index is 12.1. The van der Waals surface area contributed by atoms with Crippen LogP contribution in [-0.2, 0) is 4.79 Å². The zero-order chi connectivity index (χ0) is 15.6. The van der Waals surface area contributed by atoms with E-state index in [4.69, 9.17) is 0 Å². The SMILES string of the molecule is Cc1ncc(C(=O)NCCN2CCC3(CC3)C2)cc1NC=O. The minimum absolute atomic E-state index is 0.151. The summed E-state index contributed by atoms with van der Waals surface area (Å²) in [5, 5.41) is 5.48. The van der Waals surface area contributed by atoms with Crippen LogP contribution in [0, 0.1) is 12.3 Å². The average Bonchev–Trinajstić information content (AvgIpc) is 3.14. The number of nitrogens with one attached hydrogen (secondary N) is 2. The summed E-state index contributed by atoms with van der Waals surface area (Å²) in [5.74, 6) is -0.151. The van der Waals surface area contributed by atoms with Gasteiger partial charge in [0.1, 0.15) is 0 Å². The van der Waals surface area contributed by atoms with Crippen molar-refractivity contribution < 1.29 is 9.59 Å². The van der Waals surface area contributed by atoms with Crippen LogP contribution >= 0.6 is 0 Å². The van der Waals surface area contributed by atoms with E-state index < -0.39 is 0 Å². The monoisotopic (exact) mass is 302 g/mol. The predicted octanol–water partition coefficient (Wildman–Crippen LogP) is 1.17. The van der Waals surface area contributed by atoms with Crippen LogP contribution in [0.15, 0.2) is 12.3 Å². The smallest absolute Gasteiger partial charge is 0.252 e. The Balaban J connectivity index is 1.49. The van der Waals surface area contributed by atoms with Crippen LogP contribution in [0.3, 0.4) is 0 Å². The summed E-state index contributed by atoms with van der Waals surface area (Å²) in [4.78, 5) is 29.2. The zero-order valence-electron chi connectivity index (χ0n) is 12.9. The Labute approximate surface area is 130 Å². The Bertz CT molecular complexity index is 584. The average molecular weight is 302 g/mol. The van der Waals surface area contributed by atoms with E-state index in [0.29, 0.717) is 35.3 Å². The standard InChI is InChI=1S/C16H22N4O2/c1-12-14(19-11-21)8-13(9-18-12)15(22)17-5-7-20-6-4-16(10-20)2-3-16/h8-9,11H,2-7,10H2,1H3,(H,17,22)(H,19,21). The summed E-state index contributed by atoms with van der Waals surface area (Å²) in [6, 6.07) is 1.65. The molecule has 2 heterocycles. The topological polar surface area (TPSA) is 74.3 Å². The number of carbonyl (C=O) groups excluding carboxylic acids is 2. The molecule has 0 bridgehead atoms. The van der Waals surface area contributed by atoms with Crippen molar-refractivity contribution in [3.05, 3.63) is 23.5 Å². The third-order valence-corrected chi connectivity index (χ3v) is 4.75. The van der Waals surface area contributed by atoms with Gasteiger partial charge >= 0.3 is 0 Å². The molecule has 1 aromatic rings. The largest absolute Gasteiger partial charge is 0.351 e. The van der Waals surface area contributed by atoms with Gasteiger partial charge in [-0.15, -0.1) is 0 Å². The molecule has 0 radical (unpaired) electrons. The van der Waals surface area contributed by atoms with Gasteiger partial charge in [-0.1, -0.05) is 0 Å². The maximum atomic E-state index is 12.1. The van der Waals surface area contributed by atoms with E-state index in [1.165, 1.54) is 32.0 Å². The minimum atomic E-state index is -0.151. The lowest BCUT2D eigenvalue weighted by Gasteiger charge is -2.16. The number of anilines is 1. The molecule has 1 aliphatic heterocycles. The van der Waals surface area contributed by atoms with Gasteiger partial charge in [0.25, 0.3) is 5.91 Å². The van der Waals surface area contributed by atoms with Crippen LogP contribution in [0.4, 0.5) is 5.69 Å². The lowest BCUT2D eigenvalue weighted by molar-refractivity contribution is -0.105. The summed E-state index contributed by atoms with van der Waals surface area (Å²) in [5.41, 5.74) is 2.35. The molecule has 1 spiro atoms. The molecule has 0 aromatic carbocycles. The van der Waals surface area contributed by atoms with E-state index in [9.17, 15) is 9.59 Å². The van der Waals surface area contributed by atoms with Gasteiger partial charge in [0, 0.05) is 25.8 Å². The van der Waals surface area contributed by atoms with Gasteiger partial charge in [-0.3, -0.25) is 14.6 Å². The summed E-state index contributed by atoms with van der Waals surface area (Å²) >= 11 is 0. The van der Waals surface area contributed by atoms with Crippen molar-refractivity contribution in [3.63, 3.8) is 0 Å². The fourth-order valence-corrected chi connectivity index (χ4v) is 3.10. The second-order valence-electron chi connectivity index (χ2n) is 6.40. The number of hydrogen-bond acceptors (Lipinski definition) is 4.